The van der Waals surface area contributed by atoms with Gasteiger partial charge in [-0.1, -0.05) is 181 Å². The molecule has 3 N–H and O–H groups in total. The number of unbranched alkanes of at least 4 members (excludes halogenated alkanes) is 12. The van der Waals surface area contributed by atoms with Gasteiger partial charge in [-0.15, -0.1) is 0 Å². The number of aliphatic hydroxyl groups excluding tert-OH is 2. The zero-order valence-corrected chi connectivity index (χ0v) is 32.8. The van der Waals surface area contributed by atoms with Crippen LogP contribution in [0.2, 0.25) is 0 Å². The topological polar surface area (TPSA) is 69.6 Å². The van der Waals surface area contributed by atoms with Crippen LogP contribution in [0.1, 0.15) is 162 Å². The minimum atomic E-state index is -0.855. The van der Waals surface area contributed by atoms with E-state index >= 15 is 0 Å². The number of hydrogen-bond donors (Lipinski definition) is 3. The molecule has 0 spiro atoms. The Kier molecular flexibility index (Phi) is 39.1. The molecule has 0 aliphatic rings. The van der Waals surface area contributed by atoms with Gasteiger partial charge in [-0.2, -0.15) is 0 Å². The van der Waals surface area contributed by atoms with E-state index < -0.39 is 12.1 Å². The molecule has 0 saturated heterocycles. The fourth-order valence-corrected chi connectivity index (χ4v) is 5.37. The summed E-state index contributed by atoms with van der Waals surface area (Å²) in [5.74, 6) is -0.0970. The molecule has 288 valence electrons. The van der Waals surface area contributed by atoms with Gasteiger partial charge >= 0.3 is 0 Å². The monoisotopic (exact) mass is 704 g/mol. The van der Waals surface area contributed by atoms with Crippen LogP contribution in [0, 0.1) is 0 Å². The van der Waals surface area contributed by atoms with Crippen molar-refractivity contribution in [1.29, 1.82) is 0 Å². The summed E-state index contributed by atoms with van der Waals surface area (Å²) in [6, 6.07) is -0.642. The number of hydrogen-bond acceptors (Lipinski definition) is 3. The molecule has 0 aromatic heterocycles. The smallest absolute Gasteiger partial charge is 0.220 e. The van der Waals surface area contributed by atoms with Crippen molar-refractivity contribution in [3.8, 4) is 0 Å². The number of carbonyl (C=O) groups excluding carboxylic acids is 1. The molecule has 0 aliphatic carbocycles. The molecule has 51 heavy (non-hydrogen) atoms. The molecule has 4 heteroatoms. The van der Waals surface area contributed by atoms with Gasteiger partial charge < -0.3 is 15.5 Å². The number of carbonyl (C=O) groups is 1. The quantitative estimate of drug-likeness (QED) is 0.0454. The molecule has 0 aromatic rings. The molecule has 0 saturated carbocycles. The zero-order chi connectivity index (χ0) is 37.1. The summed E-state index contributed by atoms with van der Waals surface area (Å²) in [5, 5.41) is 22.8. The van der Waals surface area contributed by atoms with Crippen LogP contribution in [0.3, 0.4) is 0 Å². The van der Waals surface area contributed by atoms with Gasteiger partial charge in [0.25, 0.3) is 0 Å². The van der Waals surface area contributed by atoms with Crippen LogP contribution >= 0.6 is 0 Å². The molecule has 0 fully saturated rings. The van der Waals surface area contributed by atoms with Crippen molar-refractivity contribution in [1.82, 2.24) is 5.32 Å². The van der Waals surface area contributed by atoms with E-state index in [1.807, 2.05) is 6.08 Å². The van der Waals surface area contributed by atoms with E-state index in [1.165, 1.54) is 44.9 Å². The summed E-state index contributed by atoms with van der Waals surface area (Å²) >= 11 is 0. The third kappa shape index (κ3) is 38.1. The van der Waals surface area contributed by atoms with Crippen LogP contribution in [-0.2, 0) is 4.79 Å². The lowest BCUT2D eigenvalue weighted by molar-refractivity contribution is -0.123. The largest absolute Gasteiger partial charge is 0.394 e. The maximum absolute atomic E-state index is 12.3. The third-order valence-electron chi connectivity index (χ3n) is 8.51. The molecule has 2 atom stereocenters. The van der Waals surface area contributed by atoms with Crippen molar-refractivity contribution in [3.05, 3.63) is 109 Å². The molecular weight excluding hydrogens is 627 g/mol. The van der Waals surface area contributed by atoms with Gasteiger partial charge in [0.2, 0.25) is 5.91 Å². The predicted octanol–water partition coefficient (Wildman–Crippen LogP) is 12.8. The summed E-state index contributed by atoms with van der Waals surface area (Å²) in [7, 11) is 0. The third-order valence-corrected chi connectivity index (χ3v) is 8.51. The second-order valence-electron chi connectivity index (χ2n) is 13.3. The second kappa shape index (κ2) is 41.5. The Morgan fingerprint density at radius 2 is 0.863 bits per heavy atom. The molecule has 0 aromatic carbocycles. The fourth-order valence-electron chi connectivity index (χ4n) is 5.37. The highest BCUT2D eigenvalue weighted by atomic mass is 16.3. The summed E-state index contributed by atoms with van der Waals surface area (Å²) in [4.78, 5) is 12.3. The average molecular weight is 704 g/mol. The normalized spacial score (nSPS) is 14.2. The Balaban J connectivity index is 3.73. The van der Waals surface area contributed by atoms with E-state index in [4.69, 9.17) is 0 Å². The van der Waals surface area contributed by atoms with Crippen LogP contribution in [0.5, 0.6) is 0 Å². The summed E-state index contributed by atoms with van der Waals surface area (Å²) in [6.45, 7) is 4.14. The van der Waals surface area contributed by atoms with E-state index in [9.17, 15) is 15.0 Å². The maximum atomic E-state index is 12.3. The minimum absolute atomic E-state index is 0.0970. The molecule has 0 bridgehead atoms. The van der Waals surface area contributed by atoms with Crippen molar-refractivity contribution in [3.63, 3.8) is 0 Å². The average Bonchev–Trinajstić information content (AvgIpc) is 3.13. The van der Waals surface area contributed by atoms with Gasteiger partial charge in [-0.05, 0) is 83.5 Å². The lowest BCUT2D eigenvalue weighted by atomic mass is 10.1. The van der Waals surface area contributed by atoms with Gasteiger partial charge in [0, 0.05) is 6.42 Å². The Morgan fingerprint density at radius 3 is 1.29 bits per heavy atom. The number of nitrogens with one attached hydrogen (secondary N) is 1. The molecule has 0 aliphatic heterocycles. The van der Waals surface area contributed by atoms with Crippen molar-refractivity contribution in [2.24, 2.45) is 0 Å². The van der Waals surface area contributed by atoms with Crippen LogP contribution in [-0.4, -0.2) is 34.9 Å². The highest BCUT2D eigenvalue weighted by molar-refractivity contribution is 5.76. The van der Waals surface area contributed by atoms with E-state index in [0.29, 0.717) is 6.42 Å². The number of allylic oxidation sites excluding steroid dienone is 17. The molecule has 0 radical (unpaired) electrons. The number of amides is 1. The van der Waals surface area contributed by atoms with E-state index in [-0.39, 0.29) is 12.5 Å². The second-order valence-corrected chi connectivity index (χ2v) is 13.3. The van der Waals surface area contributed by atoms with Gasteiger partial charge in [0.05, 0.1) is 18.8 Å². The SMILES string of the molecule is CC/C=C\C/C=C\C/C=C\C/C=C\C/C=C\C/C=C\C/C=C\C/C=C\CCCCCCC(=O)NC(CO)C(O)/C=C/CCCCCCCCCC. The zero-order valence-electron chi connectivity index (χ0n) is 32.8. The Bertz CT molecular complexity index is 1030. The molecule has 0 heterocycles. The molecule has 1 amide bonds. The van der Waals surface area contributed by atoms with Gasteiger partial charge in [-0.3, -0.25) is 4.79 Å². The Morgan fingerprint density at radius 1 is 0.490 bits per heavy atom. The first-order valence-electron chi connectivity index (χ1n) is 20.6. The number of rotatable bonds is 35. The molecule has 0 rings (SSSR count). The van der Waals surface area contributed by atoms with Crippen molar-refractivity contribution < 1.29 is 15.0 Å². The molecule has 2 unspecified atom stereocenters. The van der Waals surface area contributed by atoms with Gasteiger partial charge in [0.15, 0.2) is 0 Å². The molecule has 4 nitrogen and oxygen atoms in total. The van der Waals surface area contributed by atoms with Crippen LogP contribution in [0.4, 0.5) is 0 Å². The summed E-state index contributed by atoms with van der Waals surface area (Å²) in [6.07, 6.45) is 63.3. The summed E-state index contributed by atoms with van der Waals surface area (Å²) < 4.78 is 0. The highest BCUT2D eigenvalue weighted by Gasteiger charge is 2.17. The highest BCUT2D eigenvalue weighted by Crippen LogP contribution is 2.11. The Hall–Kier alpha value is -2.95. The van der Waals surface area contributed by atoms with Gasteiger partial charge in [0.1, 0.15) is 0 Å². The van der Waals surface area contributed by atoms with Crippen molar-refractivity contribution in [2.75, 3.05) is 6.61 Å². The standard InChI is InChI=1S/C47H77NO3/c1-3-5-7-9-11-13-15-16-17-18-19-20-21-22-23-24-25-26-27-28-29-30-31-32-33-35-37-39-41-43-47(51)48-45(44-49)46(50)42-40-38-36-34-14-12-10-8-6-4-2/h5,7,11,13,16-17,19-20,22-23,25-26,28-29,31-32,40,42,45-46,49-50H,3-4,6,8-10,12,14-15,18,21,24,27,30,33-39,41,43-44H2,1-2H3,(H,48,51)/b7-5-,13-11-,17-16-,20-19-,23-22-,26-25-,29-28-,32-31-,42-40+. The first kappa shape index (κ1) is 48.0. The predicted molar refractivity (Wildman–Crippen MR) is 225 cm³/mol. The van der Waals surface area contributed by atoms with Gasteiger partial charge in [-0.25, -0.2) is 0 Å². The Labute approximate surface area is 315 Å². The van der Waals surface area contributed by atoms with E-state index in [2.05, 4.69) is 116 Å². The van der Waals surface area contributed by atoms with Crippen molar-refractivity contribution >= 4 is 5.91 Å². The minimum Gasteiger partial charge on any atom is -0.394 e. The molecular formula is C47H77NO3. The first-order valence-corrected chi connectivity index (χ1v) is 20.6. The summed E-state index contributed by atoms with van der Waals surface area (Å²) in [5.41, 5.74) is 0. The van der Waals surface area contributed by atoms with E-state index in [1.54, 1.807) is 6.08 Å². The fraction of sp³-hybridized carbons (Fsp3) is 0.596. The first-order chi connectivity index (χ1) is 25.2. The lowest BCUT2D eigenvalue weighted by Gasteiger charge is -2.20. The van der Waals surface area contributed by atoms with Crippen molar-refractivity contribution in [2.45, 2.75) is 174 Å². The maximum Gasteiger partial charge on any atom is 0.220 e. The van der Waals surface area contributed by atoms with E-state index in [0.717, 1.165) is 96.3 Å². The number of aliphatic hydroxyl groups is 2. The van der Waals surface area contributed by atoms with Crippen LogP contribution in [0.25, 0.3) is 0 Å². The lowest BCUT2D eigenvalue weighted by Crippen LogP contribution is -2.45. The van der Waals surface area contributed by atoms with Crippen LogP contribution < -0.4 is 5.32 Å². The van der Waals surface area contributed by atoms with Crippen LogP contribution in [0.15, 0.2) is 109 Å².